The summed E-state index contributed by atoms with van der Waals surface area (Å²) in [6, 6.07) is 0. The minimum Gasteiger partial charge on any atom is -0.340 e. The SMILES string of the molecule is CC(=O)N1CCN(CCCn2cc(-c3csc(CN)n3)cn2)CC1. The first-order valence-corrected chi connectivity index (χ1v) is 9.19. The molecule has 1 fully saturated rings. The van der Waals surface area contributed by atoms with Gasteiger partial charge in [-0.3, -0.25) is 14.4 Å². The number of rotatable bonds is 6. The zero-order valence-electron chi connectivity index (χ0n) is 14.0. The molecule has 0 atom stereocenters. The zero-order chi connectivity index (χ0) is 16.9. The van der Waals surface area contributed by atoms with Gasteiger partial charge in [0, 0.05) is 69.9 Å². The molecule has 3 heterocycles. The fraction of sp³-hybridized carbons (Fsp3) is 0.562. The van der Waals surface area contributed by atoms with Gasteiger partial charge >= 0.3 is 0 Å². The molecule has 1 aliphatic heterocycles. The Kier molecular flexibility index (Phi) is 5.60. The van der Waals surface area contributed by atoms with Crippen molar-refractivity contribution in [2.24, 2.45) is 5.73 Å². The third-order valence-corrected chi connectivity index (χ3v) is 5.21. The average molecular weight is 348 g/mol. The van der Waals surface area contributed by atoms with Gasteiger partial charge < -0.3 is 10.6 Å². The van der Waals surface area contributed by atoms with Gasteiger partial charge in [0.2, 0.25) is 5.91 Å². The number of amides is 1. The van der Waals surface area contributed by atoms with Crippen molar-refractivity contribution in [1.82, 2.24) is 24.6 Å². The number of thiazole rings is 1. The van der Waals surface area contributed by atoms with E-state index in [4.69, 9.17) is 5.73 Å². The molecule has 0 saturated carbocycles. The molecule has 7 nitrogen and oxygen atoms in total. The van der Waals surface area contributed by atoms with Crippen LogP contribution in [0.15, 0.2) is 17.8 Å². The molecule has 0 aromatic carbocycles. The molecule has 1 amide bonds. The standard InChI is InChI=1S/C16H24N6OS/c1-13(23)21-7-5-20(6-8-21)3-2-4-22-11-14(10-18-22)15-12-24-16(9-17)19-15/h10-12H,2-9,17H2,1H3. The van der Waals surface area contributed by atoms with Crippen molar-refractivity contribution >= 4 is 17.2 Å². The maximum atomic E-state index is 11.3. The van der Waals surface area contributed by atoms with Crippen LogP contribution >= 0.6 is 11.3 Å². The third kappa shape index (κ3) is 4.19. The largest absolute Gasteiger partial charge is 0.340 e. The molecule has 0 bridgehead atoms. The first-order chi connectivity index (χ1) is 11.7. The third-order valence-electron chi connectivity index (χ3n) is 4.33. The Morgan fingerprint density at radius 1 is 1.29 bits per heavy atom. The number of piperazine rings is 1. The summed E-state index contributed by atoms with van der Waals surface area (Å²) < 4.78 is 1.97. The number of aromatic nitrogens is 3. The van der Waals surface area contributed by atoms with E-state index < -0.39 is 0 Å². The van der Waals surface area contributed by atoms with Crippen LogP contribution < -0.4 is 5.73 Å². The summed E-state index contributed by atoms with van der Waals surface area (Å²) in [7, 11) is 0. The van der Waals surface area contributed by atoms with Gasteiger partial charge in [-0.15, -0.1) is 11.3 Å². The highest BCUT2D eigenvalue weighted by molar-refractivity contribution is 7.09. The minimum absolute atomic E-state index is 0.179. The van der Waals surface area contributed by atoms with E-state index in [2.05, 4.69) is 15.0 Å². The second kappa shape index (κ2) is 7.87. The van der Waals surface area contributed by atoms with Crippen LogP contribution in [0, 0.1) is 0 Å². The summed E-state index contributed by atoms with van der Waals surface area (Å²) in [6.45, 7) is 7.66. The fourth-order valence-electron chi connectivity index (χ4n) is 2.90. The maximum Gasteiger partial charge on any atom is 0.219 e. The van der Waals surface area contributed by atoms with Crippen molar-refractivity contribution in [1.29, 1.82) is 0 Å². The van der Waals surface area contributed by atoms with Crippen LogP contribution in [0.25, 0.3) is 11.3 Å². The molecule has 130 valence electrons. The number of hydrogen-bond acceptors (Lipinski definition) is 6. The van der Waals surface area contributed by atoms with Crippen LogP contribution in [-0.2, 0) is 17.9 Å². The highest BCUT2D eigenvalue weighted by atomic mass is 32.1. The Labute approximate surface area is 146 Å². The molecule has 24 heavy (non-hydrogen) atoms. The number of carbonyl (C=O) groups is 1. The molecule has 0 radical (unpaired) electrons. The van der Waals surface area contributed by atoms with E-state index in [0.717, 1.165) is 62.0 Å². The van der Waals surface area contributed by atoms with Crippen LogP contribution in [0.2, 0.25) is 0 Å². The van der Waals surface area contributed by atoms with Crippen molar-refractivity contribution < 1.29 is 4.79 Å². The molecular weight excluding hydrogens is 324 g/mol. The highest BCUT2D eigenvalue weighted by Gasteiger charge is 2.17. The summed E-state index contributed by atoms with van der Waals surface area (Å²) in [4.78, 5) is 20.1. The van der Waals surface area contributed by atoms with Gasteiger partial charge in [-0.1, -0.05) is 0 Å². The summed E-state index contributed by atoms with van der Waals surface area (Å²) in [6.07, 6.45) is 4.95. The van der Waals surface area contributed by atoms with E-state index in [1.165, 1.54) is 0 Å². The summed E-state index contributed by atoms with van der Waals surface area (Å²) in [5.74, 6) is 0.179. The van der Waals surface area contributed by atoms with Crippen molar-refractivity contribution in [2.75, 3.05) is 32.7 Å². The Morgan fingerprint density at radius 3 is 2.75 bits per heavy atom. The minimum atomic E-state index is 0.179. The molecular formula is C16H24N6OS. The first kappa shape index (κ1) is 17.1. The van der Waals surface area contributed by atoms with Crippen LogP contribution in [0.5, 0.6) is 0 Å². The van der Waals surface area contributed by atoms with Crippen molar-refractivity contribution in [2.45, 2.75) is 26.4 Å². The van der Waals surface area contributed by atoms with Gasteiger partial charge in [-0.05, 0) is 6.42 Å². The summed E-state index contributed by atoms with van der Waals surface area (Å²) >= 11 is 1.58. The number of hydrogen-bond donors (Lipinski definition) is 1. The van der Waals surface area contributed by atoms with Gasteiger partial charge in [-0.25, -0.2) is 4.98 Å². The van der Waals surface area contributed by atoms with Gasteiger partial charge in [0.05, 0.1) is 11.9 Å². The molecule has 3 rings (SSSR count). The zero-order valence-corrected chi connectivity index (χ0v) is 14.8. The second-order valence-electron chi connectivity index (χ2n) is 6.02. The monoisotopic (exact) mass is 348 g/mol. The van der Waals surface area contributed by atoms with E-state index in [1.807, 2.05) is 27.4 Å². The summed E-state index contributed by atoms with van der Waals surface area (Å²) in [5.41, 5.74) is 7.60. The number of nitrogens with zero attached hydrogens (tertiary/aromatic N) is 5. The Balaban J connectivity index is 1.44. The van der Waals surface area contributed by atoms with Crippen LogP contribution in [0.3, 0.4) is 0 Å². The van der Waals surface area contributed by atoms with Crippen molar-refractivity contribution in [3.8, 4) is 11.3 Å². The van der Waals surface area contributed by atoms with Gasteiger partial charge in [-0.2, -0.15) is 5.10 Å². The number of carbonyl (C=O) groups excluding carboxylic acids is 1. The number of aryl methyl sites for hydroxylation is 1. The molecule has 1 aliphatic rings. The van der Waals surface area contributed by atoms with E-state index in [0.29, 0.717) is 6.54 Å². The highest BCUT2D eigenvalue weighted by Crippen LogP contribution is 2.21. The Bertz CT molecular complexity index is 674. The van der Waals surface area contributed by atoms with Crippen molar-refractivity contribution in [3.05, 3.63) is 22.8 Å². The first-order valence-electron chi connectivity index (χ1n) is 8.31. The quantitative estimate of drug-likeness (QED) is 0.843. The lowest BCUT2D eigenvalue weighted by molar-refractivity contribution is -0.130. The predicted molar refractivity (Wildman–Crippen MR) is 94.5 cm³/mol. The van der Waals surface area contributed by atoms with Gasteiger partial charge in [0.1, 0.15) is 5.01 Å². The van der Waals surface area contributed by atoms with E-state index in [1.54, 1.807) is 18.3 Å². The van der Waals surface area contributed by atoms with Crippen molar-refractivity contribution in [3.63, 3.8) is 0 Å². The van der Waals surface area contributed by atoms with Gasteiger partial charge in [0.25, 0.3) is 0 Å². The lowest BCUT2D eigenvalue weighted by Gasteiger charge is -2.34. The maximum absolute atomic E-state index is 11.3. The van der Waals surface area contributed by atoms with Crippen LogP contribution in [-0.4, -0.2) is 63.2 Å². The topological polar surface area (TPSA) is 80.3 Å². The molecule has 1 saturated heterocycles. The molecule has 2 N–H and O–H groups in total. The molecule has 2 aromatic rings. The average Bonchev–Trinajstić information content (AvgIpc) is 3.24. The lowest BCUT2D eigenvalue weighted by atomic mass is 10.3. The summed E-state index contributed by atoms with van der Waals surface area (Å²) in [5, 5.41) is 7.40. The Hall–Kier alpha value is -1.77. The lowest BCUT2D eigenvalue weighted by Crippen LogP contribution is -2.48. The smallest absolute Gasteiger partial charge is 0.219 e. The predicted octanol–water partition coefficient (Wildman–Crippen LogP) is 1.02. The molecule has 0 spiro atoms. The second-order valence-corrected chi connectivity index (χ2v) is 6.97. The van der Waals surface area contributed by atoms with E-state index >= 15 is 0 Å². The fourth-order valence-corrected chi connectivity index (χ4v) is 3.58. The molecule has 2 aromatic heterocycles. The number of nitrogens with two attached hydrogens (primary N) is 1. The molecule has 0 unspecified atom stereocenters. The van der Waals surface area contributed by atoms with E-state index in [9.17, 15) is 4.79 Å². The normalized spacial score (nSPS) is 15.8. The van der Waals surface area contributed by atoms with Crippen LogP contribution in [0.4, 0.5) is 0 Å². The Morgan fingerprint density at radius 2 is 2.08 bits per heavy atom. The van der Waals surface area contributed by atoms with E-state index in [-0.39, 0.29) is 5.91 Å². The molecule has 8 heteroatoms. The van der Waals surface area contributed by atoms with Gasteiger partial charge in [0.15, 0.2) is 0 Å². The molecule has 0 aliphatic carbocycles. The van der Waals surface area contributed by atoms with Crippen LogP contribution in [0.1, 0.15) is 18.4 Å².